The number of ether oxygens (including phenoxy) is 6. The summed E-state index contributed by atoms with van der Waals surface area (Å²) in [5.74, 6) is -9.81. The molecule has 6 aliphatic heterocycles. The Bertz CT molecular complexity index is 3130. The SMILES string of the molecule is CCCCCCC(=O)O[C@@H]1[C@H](O)[C@@H](O[C@H]2[C@H](O)[C@H](O)[C@@H](Oc3ccc(C[C@H]4NC(=O)[C@H](C(C)c5ccccc5)NC(=O)CNC(=O)[C@H](CO)NC(=O)[C@@H](C(O)C5CN=C(N)N5[C@H]5O[C@H](CO)[C@@H](O)[C@H](O)[C@@H]5O)NC(=O)[C@H](C(O)C5CN=C(N)N5)NC4=O)cc3)O[C@@H]2CO)O[C@H](CO)[C@H]1O. The lowest BCUT2D eigenvalue weighted by Crippen LogP contribution is -2.70. The third kappa shape index (κ3) is 18.5. The molecule has 550 valence electrons. The van der Waals surface area contributed by atoms with Crippen molar-refractivity contribution >= 4 is 53.3 Å². The average Bonchev–Trinajstić information content (AvgIpc) is 1.73. The monoisotopic (exact) mass is 1410 g/mol. The number of nitrogens with zero attached hydrogens (tertiary/aromatic N) is 3. The first-order chi connectivity index (χ1) is 47.2. The van der Waals surface area contributed by atoms with E-state index in [-0.39, 0.29) is 30.2 Å². The van der Waals surface area contributed by atoms with Crippen LogP contribution in [0.1, 0.15) is 63.0 Å². The van der Waals surface area contributed by atoms with Gasteiger partial charge < -0.3 is 148 Å². The van der Waals surface area contributed by atoms with Gasteiger partial charge in [0.05, 0.1) is 58.1 Å². The van der Waals surface area contributed by atoms with E-state index in [4.69, 9.17) is 39.9 Å². The fraction of sp³-hybridized carbons (Fsp3) is 0.656. The topological polar surface area (TPSA) is 602 Å². The minimum absolute atomic E-state index is 0.0450. The normalized spacial score (nSPS) is 35.4. The minimum atomic E-state index is -2.35. The number of nitrogens with one attached hydrogen (secondary N) is 7. The molecule has 2 aromatic rings. The van der Waals surface area contributed by atoms with Gasteiger partial charge in [0.25, 0.3) is 0 Å². The van der Waals surface area contributed by atoms with Gasteiger partial charge in [-0.15, -0.1) is 0 Å². The summed E-state index contributed by atoms with van der Waals surface area (Å²) < 4.78 is 34.3. The Hall–Kier alpha value is -7.61. The summed E-state index contributed by atoms with van der Waals surface area (Å²) in [6.07, 6.45) is -28.9. The maximum absolute atomic E-state index is 15.2. The van der Waals surface area contributed by atoms with Crippen LogP contribution < -0.4 is 53.4 Å². The molecule has 24 N–H and O–H groups in total. The van der Waals surface area contributed by atoms with E-state index >= 15 is 9.59 Å². The van der Waals surface area contributed by atoms with Gasteiger partial charge in [0.2, 0.25) is 41.7 Å². The van der Waals surface area contributed by atoms with Crippen molar-refractivity contribution in [1.82, 2.24) is 42.1 Å². The second-order valence-electron chi connectivity index (χ2n) is 24.8. The van der Waals surface area contributed by atoms with Gasteiger partial charge in [-0.1, -0.05) is 75.6 Å². The Morgan fingerprint density at radius 1 is 0.606 bits per heavy atom. The molecule has 6 aliphatic rings. The number of unbranched alkanes of at least 4 members (excludes halogenated alkanes) is 3. The van der Waals surface area contributed by atoms with E-state index in [1.54, 1.807) is 37.3 Å². The molecule has 6 heterocycles. The fourth-order valence-corrected chi connectivity index (χ4v) is 12.2. The number of hydrogen-bond acceptors (Lipinski definition) is 32. The zero-order valence-electron chi connectivity index (χ0n) is 53.9. The van der Waals surface area contributed by atoms with Crippen LogP contribution in [0.15, 0.2) is 64.6 Å². The van der Waals surface area contributed by atoms with Crippen LogP contribution in [0.25, 0.3) is 0 Å². The summed E-state index contributed by atoms with van der Waals surface area (Å²) in [5, 5.41) is 160. The molecule has 25 atom stereocenters. The number of aliphatic hydroxyl groups excluding tert-OH is 13. The highest BCUT2D eigenvalue weighted by molar-refractivity contribution is 5.98. The van der Waals surface area contributed by atoms with E-state index in [2.05, 4.69) is 47.2 Å². The highest BCUT2D eigenvalue weighted by Gasteiger charge is 2.55. The predicted molar refractivity (Wildman–Crippen MR) is 336 cm³/mol. The number of carbonyl (C=O) groups excluding carboxylic acids is 7. The molecule has 0 saturated carbocycles. The molecule has 0 aromatic heterocycles. The van der Waals surface area contributed by atoms with E-state index in [0.29, 0.717) is 18.4 Å². The lowest BCUT2D eigenvalue weighted by atomic mass is 9.92. The van der Waals surface area contributed by atoms with Crippen LogP contribution in [0.3, 0.4) is 0 Å². The predicted octanol–water partition coefficient (Wildman–Crippen LogP) is -11.1. The van der Waals surface area contributed by atoms with Gasteiger partial charge in [0.1, 0.15) is 115 Å². The Morgan fingerprint density at radius 2 is 1.23 bits per heavy atom. The van der Waals surface area contributed by atoms with E-state index in [1.807, 2.05) is 6.92 Å². The summed E-state index contributed by atoms with van der Waals surface area (Å²) in [7, 11) is 0. The summed E-state index contributed by atoms with van der Waals surface area (Å²) in [6.45, 7) is -2.06. The lowest BCUT2D eigenvalue weighted by molar-refractivity contribution is -0.353. The quantitative estimate of drug-likeness (QED) is 0.0363. The van der Waals surface area contributed by atoms with Gasteiger partial charge in [0.15, 0.2) is 30.5 Å². The van der Waals surface area contributed by atoms with Crippen LogP contribution in [0.4, 0.5) is 0 Å². The van der Waals surface area contributed by atoms with E-state index in [1.165, 1.54) is 24.3 Å². The molecule has 2 aromatic carbocycles. The number of esters is 1. The van der Waals surface area contributed by atoms with E-state index in [0.717, 1.165) is 17.7 Å². The highest BCUT2D eigenvalue weighted by atomic mass is 16.7. The van der Waals surface area contributed by atoms with Crippen molar-refractivity contribution in [3.05, 3.63) is 65.7 Å². The molecule has 0 radical (unpaired) electrons. The highest BCUT2D eigenvalue weighted by Crippen LogP contribution is 2.33. The molecule has 8 rings (SSSR count). The largest absolute Gasteiger partial charge is 0.462 e. The Kier molecular flexibility index (Phi) is 27.4. The Balaban J connectivity index is 1.08. The molecule has 38 heteroatoms. The molecule has 99 heavy (non-hydrogen) atoms. The zero-order valence-corrected chi connectivity index (χ0v) is 53.9. The van der Waals surface area contributed by atoms with Gasteiger partial charge in [-0.2, -0.15) is 0 Å². The lowest BCUT2D eigenvalue weighted by Gasteiger charge is -2.46. The van der Waals surface area contributed by atoms with E-state index in [9.17, 15) is 90.4 Å². The number of benzene rings is 2. The molecular weight excluding hydrogens is 1320 g/mol. The fourth-order valence-electron chi connectivity index (χ4n) is 12.2. The summed E-state index contributed by atoms with van der Waals surface area (Å²) >= 11 is 0. The maximum Gasteiger partial charge on any atom is 0.306 e. The van der Waals surface area contributed by atoms with Crippen molar-refractivity contribution < 1.29 is 128 Å². The van der Waals surface area contributed by atoms with Crippen molar-refractivity contribution in [1.29, 1.82) is 0 Å². The van der Waals surface area contributed by atoms with Crippen molar-refractivity contribution in [3.8, 4) is 5.75 Å². The van der Waals surface area contributed by atoms with Gasteiger partial charge in [-0.05, 0) is 29.7 Å². The number of hydrogen-bond donors (Lipinski definition) is 22. The second kappa shape index (κ2) is 35.1. The van der Waals surface area contributed by atoms with Crippen LogP contribution in [-0.4, -0.2) is 317 Å². The molecule has 4 saturated heterocycles. The first kappa shape index (κ1) is 77.1. The molecule has 4 fully saturated rings. The standard InChI is InChI=1S/C61H90N12O26/c1-3-4-5-9-12-37(79)98-51-44(83)34(23-76)96-59(49(51)88)99-50-35(24-77)97-58(48(87)46(50)85)94-28-15-13-26(14-16-28)17-29-53(90)71-39(41(80)30-18-65-60(62)69-30)56(93)72-40(42(81)32-19-66-61(63)73(32)57-47(86)45(84)43(82)33(22-75)95-57)55(92)68-31(21-74)52(89)64-20-36(78)70-38(54(91)67-29)25(2)27-10-7-6-8-11-27/h6-8,10-11,13-16,25,29-35,38-51,57-59,74-77,80-88H,3-5,9,12,17-24H2,1-2H3,(H2,63,66)(H,64,89)(H,67,91)(H,68,92)(H,70,78)(H,71,90)(H,72,93)(H3,62,65,69)/t25?,29-,30?,31+,32?,33-,34-,35-,38+,39+,40-,41?,42?,43-,44-,45+,46-,47+,48+,49+,50-,51+,57+,58+,59-/m1/s1. The maximum atomic E-state index is 15.2. The van der Waals surface area contributed by atoms with Gasteiger partial charge in [-0.3, -0.25) is 43.5 Å². The molecule has 0 bridgehead atoms. The number of aliphatic hydroxyl groups is 13. The minimum Gasteiger partial charge on any atom is -0.462 e. The van der Waals surface area contributed by atoms with Crippen molar-refractivity contribution in [3.63, 3.8) is 0 Å². The first-order valence-corrected chi connectivity index (χ1v) is 32.3. The molecule has 38 nitrogen and oxygen atoms in total. The third-order valence-corrected chi connectivity index (χ3v) is 18.0. The molecular formula is C61H90N12O26. The van der Waals surface area contributed by atoms with Crippen LogP contribution in [-0.2, 0) is 63.7 Å². The van der Waals surface area contributed by atoms with Crippen LogP contribution in [0, 0.1) is 0 Å². The van der Waals surface area contributed by atoms with Gasteiger partial charge >= 0.3 is 5.97 Å². The summed E-state index contributed by atoms with van der Waals surface area (Å²) in [4.78, 5) is 109. The Morgan fingerprint density at radius 3 is 1.88 bits per heavy atom. The van der Waals surface area contributed by atoms with Crippen LogP contribution in [0.5, 0.6) is 5.75 Å². The molecule has 0 aliphatic carbocycles. The molecule has 0 spiro atoms. The zero-order chi connectivity index (χ0) is 72.1. The van der Waals surface area contributed by atoms with Crippen molar-refractivity contribution in [2.75, 3.05) is 46.1 Å². The van der Waals surface area contributed by atoms with Gasteiger partial charge in [-0.25, -0.2) is 0 Å². The molecule has 5 unspecified atom stereocenters. The average molecular weight is 1410 g/mol. The second-order valence-corrected chi connectivity index (χ2v) is 24.8. The third-order valence-electron chi connectivity index (χ3n) is 18.0. The van der Waals surface area contributed by atoms with Crippen LogP contribution >= 0.6 is 0 Å². The summed E-state index contributed by atoms with van der Waals surface area (Å²) in [6, 6.07) is 0.765. The van der Waals surface area contributed by atoms with Crippen molar-refractivity contribution in [2.45, 2.75) is 205 Å². The number of rotatable bonds is 23. The number of amides is 6. The number of aliphatic imine (C=N–C) groups is 2. The van der Waals surface area contributed by atoms with Crippen LogP contribution in [0.2, 0.25) is 0 Å². The molecule has 6 amide bonds. The summed E-state index contributed by atoms with van der Waals surface area (Å²) in [5.41, 5.74) is 12.8. The number of nitrogens with two attached hydrogens (primary N) is 2. The van der Waals surface area contributed by atoms with Gasteiger partial charge in [0, 0.05) is 18.8 Å². The number of carbonyl (C=O) groups is 7. The Labute approximate surface area is 566 Å². The smallest absolute Gasteiger partial charge is 0.306 e. The number of guanidine groups is 2. The first-order valence-electron chi connectivity index (χ1n) is 32.3. The van der Waals surface area contributed by atoms with Crippen molar-refractivity contribution in [2.24, 2.45) is 21.5 Å². The van der Waals surface area contributed by atoms with E-state index < -0.39 is 246 Å².